The number of benzene rings is 1. The van der Waals surface area contributed by atoms with E-state index in [-0.39, 0.29) is 0 Å². The zero-order valence-corrected chi connectivity index (χ0v) is 10.8. The molecule has 1 aromatic rings. The summed E-state index contributed by atoms with van der Waals surface area (Å²) in [5, 5.41) is 3.47. The molecule has 0 aromatic heterocycles. The highest BCUT2D eigenvalue weighted by Gasteiger charge is 2.23. The summed E-state index contributed by atoms with van der Waals surface area (Å²) in [6, 6.07) is 9.32. The Kier molecular flexibility index (Phi) is 3.69. The monoisotopic (exact) mass is 249 g/mol. The van der Waals surface area contributed by atoms with Gasteiger partial charge in [0, 0.05) is 22.6 Å². The van der Waals surface area contributed by atoms with E-state index in [9.17, 15) is 0 Å². The van der Waals surface area contributed by atoms with Gasteiger partial charge in [-0.1, -0.05) is 18.2 Å². The molecule has 3 rings (SSSR count). The van der Waals surface area contributed by atoms with Crippen molar-refractivity contribution in [2.45, 2.75) is 29.7 Å². The van der Waals surface area contributed by atoms with Crippen molar-refractivity contribution in [3.63, 3.8) is 0 Å². The van der Waals surface area contributed by atoms with Crippen LogP contribution in [0.2, 0.25) is 0 Å². The first-order valence-electron chi connectivity index (χ1n) is 6.46. The van der Waals surface area contributed by atoms with Crippen molar-refractivity contribution in [1.82, 2.24) is 5.32 Å². The van der Waals surface area contributed by atoms with Crippen LogP contribution in [-0.4, -0.2) is 31.6 Å². The van der Waals surface area contributed by atoms with Crippen LogP contribution < -0.4 is 5.32 Å². The van der Waals surface area contributed by atoms with E-state index in [1.165, 1.54) is 29.1 Å². The van der Waals surface area contributed by atoms with Gasteiger partial charge in [-0.25, -0.2) is 0 Å². The van der Waals surface area contributed by atoms with Crippen LogP contribution in [0.3, 0.4) is 0 Å². The summed E-state index contributed by atoms with van der Waals surface area (Å²) in [6.07, 6.45) is 2.58. The van der Waals surface area contributed by atoms with Crippen molar-refractivity contribution in [3.8, 4) is 0 Å². The Morgan fingerprint density at radius 3 is 3.12 bits per heavy atom. The first-order valence-corrected chi connectivity index (χ1v) is 7.45. The number of hydrogen-bond donors (Lipinski definition) is 1. The Morgan fingerprint density at radius 2 is 2.24 bits per heavy atom. The maximum absolute atomic E-state index is 5.88. The number of thioether (sulfide) groups is 1. The fourth-order valence-corrected chi connectivity index (χ4v) is 3.85. The second kappa shape index (κ2) is 5.42. The molecule has 1 fully saturated rings. The van der Waals surface area contributed by atoms with Gasteiger partial charge >= 0.3 is 0 Å². The lowest BCUT2D eigenvalue weighted by atomic mass is 10.0. The van der Waals surface area contributed by atoms with Gasteiger partial charge in [0.05, 0.1) is 13.2 Å². The summed E-state index contributed by atoms with van der Waals surface area (Å²) >= 11 is 1.96. The minimum Gasteiger partial charge on any atom is -0.379 e. The van der Waals surface area contributed by atoms with Crippen molar-refractivity contribution in [2.75, 3.05) is 25.5 Å². The smallest absolute Gasteiger partial charge is 0.0619 e. The average Bonchev–Trinajstić information content (AvgIpc) is 2.99. The summed E-state index contributed by atoms with van der Waals surface area (Å²) < 4.78 is 5.88. The Bertz CT molecular complexity index is 376. The van der Waals surface area contributed by atoms with Gasteiger partial charge < -0.3 is 10.1 Å². The second-order valence-corrected chi connectivity index (χ2v) is 5.94. The fraction of sp³-hybridized carbons (Fsp3) is 0.571. The van der Waals surface area contributed by atoms with Gasteiger partial charge in [-0.05, 0) is 31.0 Å². The van der Waals surface area contributed by atoms with Crippen molar-refractivity contribution < 1.29 is 4.74 Å². The molecule has 0 radical (unpaired) electrons. The van der Waals surface area contributed by atoms with Crippen LogP contribution in [0.1, 0.15) is 24.3 Å². The number of hydrogen-bond acceptors (Lipinski definition) is 3. The predicted octanol–water partition coefficient (Wildman–Crippen LogP) is 2.64. The number of nitrogens with one attached hydrogen (secondary N) is 1. The zero-order valence-electron chi connectivity index (χ0n) is 10.0. The van der Waals surface area contributed by atoms with E-state index in [4.69, 9.17) is 4.74 Å². The fourth-order valence-electron chi connectivity index (χ4n) is 2.62. The molecule has 3 heteroatoms. The molecule has 0 bridgehead atoms. The first-order chi connectivity index (χ1) is 8.43. The quantitative estimate of drug-likeness (QED) is 0.886. The van der Waals surface area contributed by atoms with Gasteiger partial charge in [0.1, 0.15) is 0 Å². The highest BCUT2D eigenvalue weighted by atomic mass is 32.2. The van der Waals surface area contributed by atoms with Gasteiger partial charge in [0.25, 0.3) is 0 Å². The summed E-state index contributed by atoms with van der Waals surface area (Å²) in [6.45, 7) is 2.92. The van der Waals surface area contributed by atoms with Crippen LogP contribution >= 0.6 is 11.8 Å². The molecule has 2 heterocycles. The molecular weight excluding hydrogens is 230 g/mol. The Labute approximate surface area is 107 Å². The lowest BCUT2D eigenvalue weighted by Crippen LogP contribution is -2.27. The maximum Gasteiger partial charge on any atom is 0.0619 e. The molecule has 0 spiro atoms. The molecule has 17 heavy (non-hydrogen) atoms. The Hall–Kier alpha value is -0.510. The van der Waals surface area contributed by atoms with Crippen LogP contribution in [0.25, 0.3) is 0 Å². The van der Waals surface area contributed by atoms with E-state index in [2.05, 4.69) is 29.6 Å². The summed E-state index contributed by atoms with van der Waals surface area (Å²) in [7, 11) is 0. The number of ether oxygens (including phenoxy) is 1. The van der Waals surface area contributed by atoms with E-state index >= 15 is 0 Å². The van der Waals surface area contributed by atoms with Gasteiger partial charge in [0.15, 0.2) is 0 Å². The third kappa shape index (κ3) is 2.67. The molecular formula is C14H19NOS. The SMILES string of the molecule is c1ccc2c(c1)SCC2COCC1CCCN1. The summed E-state index contributed by atoms with van der Waals surface area (Å²) in [5.74, 6) is 1.77. The molecule has 0 saturated carbocycles. The predicted molar refractivity (Wildman–Crippen MR) is 71.8 cm³/mol. The topological polar surface area (TPSA) is 21.3 Å². The highest BCUT2D eigenvalue weighted by molar-refractivity contribution is 7.99. The standard InChI is InChI=1S/C14H19NOS/c1-2-6-14-13(5-1)11(10-17-14)8-16-9-12-4-3-7-15-12/h1-2,5-6,11-12,15H,3-4,7-10H2. The molecule has 0 aliphatic carbocycles. The third-order valence-corrected chi connectivity index (χ3v) is 4.85. The maximum atomic E-state index is 5.88. The highest BCUT2D eigenvalue weighted by Crippen LogP contribution is 2.39. The largest absolute Gasteiger partial charge is 0.379 e. The lowest BCUT2D eigenvalue weighted by Gasteiger charge is -2.14. The molecule has 2 nitrogen and oxygen atoms in total. The molecule has 1 saturated heterocycles. The van der Waals surface area contributed by atoms with E-state index in [0.717, 1.165) is 19.8 Å². The normalized spacial score (nSPS) is 27.3. The molecule has 92 valence electrons. The molecule has 2 aliphatic rings. The Morgan fingerprint density at radius 1 is 1.29 bits per heavy atom. The van der Waals surface area contributed by atoms with Gasteiger partial charge in [-0.2, -0.15) is 0 Å². The zero-order chi connectivity index (χ0) is 11.5. The van der Waals surface area contributed by atoms with Crippen molar-refractivity contribution >= 4 is 11.8 Å². The molecule has 2 aliphatic heterocycles. The third-order valence-electron chi connectivity index (χ3n) is 3.60. The minimum absolute atomic E-state index is 0.595. The van der Waals surface area contributed by atoms with Gasteiger partial charge in [-0.15, -0.1) is 11.8 Å². The second-order valence-electron chi connectivity index (χ2n) is 4.88. The molecule has 2 atom stereocenters. The summed E-state index contributed by atoms with van der Waals surface area (Å²) in [5.41, 5.74) is 1.48. The molecule has 2 unspecified atom stereocenters. The van der Waals surface area contributed by atoms with Crippen LogP contribution in [0.4, 0.5) is 0 Å². The van der Waals surface area contributed by atoms with Crippen molar-refractivity contribution in [1.29, 1.82) is 0 Å². The van der Waals surface area contributed by atoms with Crippen LogP contribution in [0.15, 0.2) is 29.2 Å². The lowest BCUT2D eigenvalue weighted by molar-refractivity contribution is 0.107. The number of rotatable bonds is 4. The van der Waals surface area contributed by atoms with Gasteiger partial charge in [-0.3, -0.25) is 0 Å². The molecule has 1 N–H and O–H groups in total. The van der Waals surface area contributed by atoms with E-state index in [1.54, 1.807) is 0 Å². The average molecular weight is 249 g/mol. The van der Waals surface area contributed by atoms with Crippen molar-refractivity contribution in [3.05, 3.63) is 29.8 Å². The van der Waals surface area contributed by atoms with E-state index < -0.39 is 0 Å². The van der Waals surface area contributed by atoms with E-state index in [0.29, 0.717) is 12.0 Å². The van der Waals surface area contributed by atoms with Crippen molar-refractivity contribution in [2.24, 2.45) is 0 Å². The molecule has 1 aromatic carbocycles. The number of fused-ring (bicyclic) bond motifs is 1. The minimum atomic E-state index is 0.595. The first kappa shape index (κ1) is 11.6. The van der Waals surface area contributed by atoms with Gasteiger partial charge in [0.2, 0.25) is 0 Å². The Balaban J connectivity index is 1.50. The molecule has 0 amide bonds. The van der Waals surface area contributed by atoms with Crippen LogP contribution in [-0.2, 0) is 4.74 Å². The van der Waals surface area contributed by atoms with Crippen LogP contribution in [0, 0.1) is 0 Å². The summed E-state index contributed by atoms with van der Waals surface area (Å²) in [4.78, 5) is 1.44. The van der Waals surface area contributed by atoms with Crippen LogP contribution in [0.5, 0.6) is 0 Å². The van der Waals surface area contributed by atoms with E-state index in [1.807, 2.05) is 11.8 Å².